The van der Waals surface area contributed by atoms with E-state index in [2.05, 4.69) is 10.6 Å². The summed E-state index contributed by atoms with van der Waals surface area (Å²) in [6.45, 7) is 3.04. The second-order valence-electron chi connectivity index (χ2n) is 6.79. The Bertz CT molecular complexity index is 935. The highest BCUT2D eigenvalue weighted by molar-refractivity contribution is 5.97. The van der Waals surface area contributed by atoms with Gasteiger partial charge in [-0.2, -0.15) is 0 Å². The molecule has 32 heavy (non-hydrogen) atoms. The largest absolute Gasteiger partial charge is 0.481 e. The summed E-state index contributed by atoms with van der Waals surface area (Å²) in [4.78, 5) is 70.5. The van der Waals surface area contributed by atoms with Gasteiger partial charge in [-0.05, 0) is 38.8 Å². The summed E-state index contributed by atoms with van der Waals surface area (Å²) in [5.41, 5.74) is -0.667. The third-order valence-electron chi connectivity index (χ3n) is 4.05. The van der Waals surface area contributed by atoms with Crippen LogP contribution in [0, 0.1) is 0 Å². The first-order valence-electron chi connectivity index (χ1n) is 9.98. The molecule has 0 spiro atoms. The normalized spacial score (nSPS) is 11.6. The number of pyridine rings is 1. The molecule has 0 aliphatic rings. The Kier molecular flexibility index (Phi) is 11.1. The number of nitrogens with one attached hydrogen (secondary N) is 2. The molecule has 0 aromatic carbocycles. The third-order valence-corrected chi connectivity index (χ3v) is 4.05. The highest BCUT2D eigenvalue weighted by Crippen LogP contribution is 2.06. The number of anilines is 1. The lowest BCUT2D eigenvalue weighted by Crippen LogP contribution is -2.44. The van der Waals surface area contributed by atoms with Gasteiger partial charge in [-0.3, -0.25) is 24.0 Å². The number of hydrogen-bond acceptors (Lipinski definition) is 7. The summed E-state index contributed by atoms with van der Waals surface area (Å²) in [7, 11) is 0. The minimum absolute atomic E-state index is 0.0781. The number of ether oxygens (including phenoxy) is 1. The van der Waals surface area contributed by atoms with E-state index in [0.29, 0.717) is 0 Å². The Balaban J connectivity index is 2.92. The minimum Gasteiger partial charge on any atom is -0.481 e. The maximum Gasteiger partial charge on any atom is 0.330 e. The van der Waals surface area contributed by atoms with Crippen molar-refractivity contribution >= 4 is 35.2 Å². The number of allylic oxidation sites excluding steroid dienone is 1. The Labute approximate surface area is 184 Å². The second kappa shape index (κ2) is 13.5. The van der Waals surface area contributed by atoms with Gasteiger partial charge in [0.1, 0.15) is 17.5 Å². The fraction of sp³-hybridized carbons (Fsp3) is 0.429. The molecule has 0 saturated carbocycles. The van der Waals surface area contributed by atoms with Gasteiger partial charge in [0.25, 0.3) is 5.56 Å². The highest BCUT2D eigenvalue weighted by Gasteiger charge is 2.22. The van der Waals surface area contributed by atoms with Crippen molar-refractivity contribution < 1.29 is 33.8 Å². The van der Waals surface area contributed by atoms with Crippen molar-refractivity contribution in [2.45, 2.75) is 52.1 Å². The van der Waals surface area contributed by atoms with Crippen molar-refractivity contribution in [1.82, 2.24) is 9.88 Å². The smallest absolute Gasteiger partial charge is 0.330 e. The fourth-order valence-electron chi connectivity index (χ4n) is 2.60. The van der Waals surface area contributed by atoms with Crippen LogP contribution in [-0.4, -0.2) is 51.9 Å². The van der Waals surface area contributed by atoms with Crippen LogP contribution in [-0.2, 0) is 35.3 Å². The maximum atomic E-state index is 12.7. The quantitative estimate of drug-likeness (QED) is 0.292. The molecule has 11 heteroatoms. The number of ketones is 1. The van der Waals surface area contributed by atoms with Crippen molar-refractivity contribution in [2.75, 3.05) is 11.9 Å². The van der Waals surface area contributed by atoms with Crippen LogP contribution in [0.2, 0.25) is 0 Å². The number of aliphatic carboxylic acids is 1. The predicted molar refractivity (Wildman–Crippen MR) is 114 cm³/mol. The highest BCUT2D eigenvalue weighted by atomic mass is 16.5. The number of esters is 1. The summed E-state index contributed by atoms with van der Waals surface area (Å²) in [6, 6.07) is 1.76. The zero-order valence-corrected chi connectivity index (χ0v) is 18.0. The van der Waals surface area contributed by atoms with Crippen LogP contribution in [0.5, 0.6) is 0 Å². The van der Waals surface area contributed by atoms with Crippen molar-refractivity contribution in [3.63, 3.8) is 0 Å². The second-order valence-corrected chi connectivity index (χ2v) is 6.79. The first-order valence-corrected chi connectivity index (χ1v) is 9.98. The summed E-state index contributed by atoms with van der Waals surface area (Å²) >= 11 is 0. The lowest BCUT2D eigenvalue weighted by Gasteiger charge is -2.18. The van der Waals surface area contributed by atoms with Gasteiger partial charge in [-0.1, -0.05) is 6.08 Å². The molecular weight excluding hydrogens is 422 g/mol. The molecule has 1 atom stereocenters. The molecule has 174 valence electrons. The van der Waals surface area contributed by atoms with Crippen molar-refractivity contribution in [3.8, 4) is 0 Å². The maximum absolute atomic E-state index is 12.7. The minimum atomic E-state index is -1.16. The number of Topliss-reactive ketones (excluding diaryl/α,β-unsaturated/α-hetero) is 1. The van der Waals surface area contributed by atoms with Gasteiger partial charge in [0.15, 0.2) is 0 Å². The van der Waals surface area contributed by atoms with Gasteiger partial charge in [0, 0.05) is 18.7 Å². The number of hydrogen-bond donors (Lipinski definition) is 3. The van der Waals surface area contributed by atoms with Gasteiger partial charge in [0.05, 0.1) is 19.6 Å². The van der Waals surface area contributed by atoms with Crippen LogP contribution >= 0.6 is 0 Å². The molecule has 0 fully saturated rings. The molecule has 0 radical (unpaired) electrons. The van der Waals surface area contributed by atoms with Crippen molar-refractivity contribution in [2.24, 2.45) is 0 Å². The van der Waals surface area contributed by atoms with E-state index in [0.717, 1.165) is 4.57 Å². The van der Waals surface area contributed by atoms with Crippen LogP contribution in [0.1, 0.15) is 39.5 Å². The number of nitrogens with zero attached hydrogens (tertiary/aromatic N) is 1. The first-order chi connectivity index (χ1) is 15.1. The van der Waals surface area contributed by atoms with Gasteiger partial charge in [-0.15, -0.1) is 0 Å². The number of aromatic nitrogens is 1. The molecule has 1 aromatic rings. The molecule has 0 aliphatic heterocycles. The zero-order valence-electron chi connectivity index (χ0n) is 18.0. The molecule has 3 N–H and O–H groups in total. The fourth-order valence-corrected chi connectivity index (χ4v) is 2.60. The van der Waals surface area contributed by atoms with Gasteiger partial charge in [0.2, 0.25) is 11.8 Å². The summed E-state index contributed by atoms with van der Waals surface area (Å²) < 4.78 is 5.89. The third kappa shape index (κ3) is 9.83. The number of carbonyl (C=O) groups is 5. The van der Waals surface area contributed by atoms with Crippen LogP contribution in [0.15, 0.2) is 35.3 Å². The molecule has 0 saturated heterocycles. The molecule has 0 aliphatic carbocycles. The van der Waals surface area contributed by atoms with Crippen LogP contribution < -0.4 is 16.2 Å². The van der Waals surface area contributed by atoms with E-state index in [4.69, 9.17) is 9.84 Å². The van der Waals surface area contributed by atoms with E-state index in [1.165, 1.54) is 37.4 Å². The summed E-state index contributed by atoms with van der Waals surface area (Å²) in [6.07, 6.45) is 3.65. The number of carbonyl (C=O) groups excluding carboxylic acids is 4. The summed E-state index contributed by atoms with van der Waals surface area (Å²) in [5, 5.41) is 13.6. The lowest BCUT2D eigenvalue weighted by molar-refractivity contribution is -0.139. The van der Waals surface area contributed by atoms with E-state index in [-0.39, 0.29) is 43.9 Å². The molecule has 0 bridgehead atoms. The predicted octanol–water partition coefficient (Wildman–Crippen LogP) is 0.625. The Morgan fingerprint density at radius 2 is 1.94 bits per heavy atom. The molecule has 1 heterocycles. The van der Waals surface area contributed by atoms with E-state index in [1.54, 1.807) is 6.92 Å². The number of carboxylic acid groups (broad SMARTS) is 1. The van der Waals surface area contributed by atoms with Crippen LogP contribution in [0.3, 0.4) is 0 Å². The molecule has 1 aromatic heterocycles. The van der Waals surface area contributed by atoms with Gasteiger partial charge >= 0.3 is 11.9 Å². The monoisotopic (exact) mass is 449 g/mol. The molecule has 1 rings (SSSR count). The van der Waals surface area contributed by atoms with Gasteiger partial charge < -0.3 is 25.0 Å². The molecular formula is C21H27N3O8. The first kappa shape index (κ1) is 26.3. The standard InChI is InChI=1S/C21H27N3O8/c1-3-32-19(29)9-5-4-7-15(22-17(26)10-11-18(27)28)20(30)23-16-8-6-12-24(21(16)31)13-14(2)25/h5-6,8-9,12,15H,3-4,7,10-11,13H2,1-2H3,(H,22,26)(H,23,30)(H,27,28). The number of rotatable bonds is 13. The molecule has 1 unspecified atom stereocenters. The van der Waals surface area contributed by atoms with Crippen LogP contribution in [0.25, 0.3) is 0 Å². The van der Waals surface area contributed by atoms with E-state index >= 15 is 0 Å². The van der Waals surface area contributed by atoms with E-state index in [9.17, 15) is 28.8 Å². The summed E-state index contributed by atoms with van der Waals surface area (Å²) in [5.74, 6) is -3.30. The van der Waals surface area contributed by atoms with Crippen LogP contribution in [0.4, 0.5) is 5.69 Å². The van der Waals surface area contributed by atoms with E-state index in [1.807, 2.05) is 0 Å². The Morgan fingerprint density at radius 1 is 1.22 bits per heavy atom. The van der Waals surface area contributed by atoms with Crippen molar-refractivity contribution in [3.05, 3.63) is 40.8 Å². The average Bonchev–Trinajstić information content (AvgIpc) is 2.71. The van der Waals surface area contributed by atoms with Crippen molar-refractivity contribution in [1.29, 1.82) is 0 Å². The van der Waals surface area contributed by atoms with Gasteiger partial charge in [-0.25, -0.2) is 4.79 Å². The SMILES string of the molecule is CCOC(=O)C=CCCC(NC(=O)CCC(=O)O)C(=O)Nc1cccn(CC(C)=O)c1=O. The molecule has 11 nitrogen and oxygen atoms in total. The molecule has 2 amide bonds. The zero-order chi connectivity index (χ0) is 24.1. The Morgan fingerprint density at radius 3 is 2.56 bits per heavy atom. The van der Waals surface area contributed by atoms with E-state index < -0.39 is 41.8 Å². The number of carboxylic acids is 1. The topological polar surface area (TPSA) is 161 Å². The Hall–Kier alpha value is -3.76. The lowest BCUT2D eigenvalue weighted by atomic mass is 10.1. The average molecular weight is 449 g/mol. The number of amides is 2.